The van der Waals surface area contributed by atoms with E-state index in [0.717, 1.165) is 49.0 Å². The number of hydrogen-bond donors (Lipinski definition) is 1. The Kier molecular flexibility index (Phi) is 4.68. The first-order valence-corrected chi connectivity index (χ1v) is 8.81. The van der Waals surface area contributed by atoms with Gasteiger partial charge in [0.25, 0.3) is 0 Å². The highest BCUT2D eigenvalue weighted by atomic mass is 15.2. The van der Waals surface area contributed by atoms with E-state index in [1.54, 1.807) is 18.7 Å². The predicted molar refractivity (Wildman–Crippen MR) is 101 cm³/mol. The van der Waals surface area contributed by atoms with E-state index >= 15 is 0 Å². The number of pyridine rings is 1. The zero-order chi connectivity index (χ0) is 17.8. The van der Waals surface area contributed by atoms with E-state index in [2.05, 4.69) is 35.1 Å². The lowest BCUT2D eigenvalue weighted by Crippen LogP contribution is -2.35. The van der Waals surface area contributed by atoms with Gasteiger partial charge in [0.05, 0.1) is 18.1 Å². The van der Waals surface area contributed by atoms with E-state index in [0.29, 0.717) is 11.7 Å². The fraction of sp³-hybridized carbons (Fsp3) is 0.316. The van der Waals surface area contributed by atoms with E-state index in [4.69, 9.17) is 0 Å². The van der Waals surface area contributed by atoms with Crippen LogP contribution in [0.15, 0.2) is 49.2 Å². The molecule has 26 heavy (non-hydrogen) atoms. The number of anilines is 3. The van der Waals surface area contributed by atoms with Gasteiger partial charge in [-0.15, -0.1) is 0 Å². The quantitative estimate of drug-likeness (QED) is 0.777. The number of aromatic nitrogens is 5. The summed E-state index contributed by atoms with van der Waals surface area (Å²) in [5, 5.41) is 3.20. The number of aryl methyl sites for hydroxylation is 1. The summed E-state index contributed by atoms with van der Waals surface area (Å²) in [5.74, 6) is 2.81. The summed E-state index contributed by atoms with van der Waals surface area (Å²) in [5.41, 5.74) is 1.98. The summed E-state index contributed by atoms with van der Waals surface area (Å²) in [6, 6.07) is 7.81. The second kappa shape index (κ2) is 7.43. The molecule has 0 bridgehead atoms. The molecule has 0 radical (unpaired) electrons. The van der Waals surface area contributed by atoms with Crippen LogP contribution >= 0.6 is 0 Å². The molecule has 0 spiro atoms. The molecule has 1 aliphatic heterocycles. The van der Waals surface area contributed by atoms with Gasteiger partial charge in [-0.2, -0.15) is 0 Å². The van der Waals surface area contributed by atoms with Crippen molar-refractivity contribution in [2.24, 2.45) is 0 Å². The normalized spacial score (nSPS) is 17.1. The molecule has 1 aliphatic rings. The van der Waals surface area contributed by atoms with Crippen LogP contribution in [0.4, 0.5) is 17.5 Å². The summed E-state index contributed by atoms with van der Waals surface area (Å²) in [6.07, 6.45) is 9.26. The van der Waals surface area contributed by atoms with Crippen LogP contribution < -0.4 is 10.2 Å². The summed E-state index contributed by atoms with van der Waals surface area (Å²) in [4.78, 5) is 24.2. The topological polar surface area (TPSA) is 79.7 Å². The van der Waals surface area contributed by atoms with Crippen molar-refractivity contribution in [2.45, 2.75) is 25.7 Å². The number of nitrogens with one attached hydrogen (secondary N) is 1. The molecule has 0 saturated carbocycles. The highest BCUT2D eigenvalue weighted by molar-refractivity contribution is 5.50. The van der Waals surface area contributed by atoms with Gasteiger partial charge in [0, 0.05) is 30.9 Å². The van der Waals surface area contributed by atoms with Crippen LogP contribution in [0.3, 0.4) is 0 Å². The Hall–Kier alpha value is -3.09. The minimum Gasteiger partial charge on any atom is -0.356 e. The van der Waals surface area contributed by atoms with Crippen LogP contribution in [-0.4, -0.2) is 38.0 Å². The highest BCUT2D eigenvalue weighted by Gasteiger charge is 2.23. The maximum Gasteiger partial charge on any atom is 0.150 e. The van der Waals surface area contributed by atoms with E-state index < -0.39 is 0 Å². The van der Waals surface area contributed by atoms with Gasteiger partial charge in [-0.1, -0.05) is 6.07 Å². The van der Waals surface area contributed by atoms with Crippen LogP contribution in [0.1, 0.15) is 30.1 Å². The summed E-state index contributed by atoms with van der Waals surface area (Å²) >= 11 is 0. The molecule has 7 nitrogen and oxygen atoms in total. The minimum atomic E-state index is 0.359. The average molecular weight is 347 g/mol. The molecular weight excluding hydrogens is 326 g/mol. The molecule has 1 fully saturated rings. The Morgan fingerprint density at radius 1 is 1.08 bits per heavy atom. The van der Waals surface area contributed by atoms with E-state index in [9.17, 15) is 0 Å². The van der Waals surface area contributed by atoms with Gasteiger partial charge in [-0.25, -0.2) is 19.9 Å². The smallest absolute Gasteiger partial charge is 0.150 e. The third-order valence-electron chi connectivity index (χ3n) is 4.55. The summed E-state index contributed by atoms with van der Waals surface area (Å²) in [7, 11) is 0. The first kappa shape index (κ1) is 16.4. The number of nitrogens with zero attached hydrogens (tertiary/aromatic N) is 6. The summed E-state index contributed by atoms with van der Waals surface area (Å²) < 4.78 is 0. The molecule has 4 heterocycles. The van der Waals surface area contributed by atoms with Crippen molar-refractivity contribution in [3.63, 3.8) is 0 Å². The van der Waals surface area contributed by atoms with Gasteiger partial charge in [0.1, 0.15) is 23.8 Å². The molecular formula is C19H21N7. The van der Waals surface area contributed by atoms with E-state index in [-0.39, 0.29) is 0 Å². The van der Waals surface area contributed by atoms with Crippen molar-refractivity contribution in [2.75, 3.05) is 23.3 Å². The van der Waals surface area contributed by atoms with Gasteiger partial charge in [0.2, 0.25) is 0 Å². The van der Waals surface area contributed by atoms with Crippen molar-refractivity contribution in [3.05, 3.63) is 60.6 Å². The number of rotatable bonds is 4. The molecule has 0 aliphatic carbocycles. The van der Waals surface area contributed by atoms with Crippen LogP contribution in [0, 0.1) is 6.92 Å². The largest absolute Gasteiger partial charge is 0.356 e. The average Bonchev–Trinajstić information content (AvgIpc) is 2.69. The zero-order valence-electron chi connectivity index (χ0n) is 14.7. The Labute approximate surface area is 152 Å². The van der Waals surface area contributed by atoms with Gasteiger partial charge in [-0.3, -0.25) is 4.98 Å². The molecule has 1 atom stereocenters. The molecule has 4 rings (SSSR count). The number of piperidine rings is 1. The van der Waals surface area contributed by atoms with Gasteiger partial charge in [0.15, 0.2) is 0 Å². The zero-order valence-corrected chi connectivity index (χ0v) is 14.7. The van der Waals surface area contributed by atoms with Gasteiger partial charge >= 0.3 is 0 Å². The molecule has 132 valence electrons. The number of hydrogen-bond acceptors (Lipinski definition) is 7. The Balaban J connectivity index is 1.44. The Morgan fingerprint density at radius 3 is 2.81 bits per heavy atom. The summed E-state index contributed by atoms with van der Waals surface area (Å²) in [6.45, 7) is 3.88. The fourth-order valence-electron chi connectivity index (χ4n) is 3.25. The van der Waals surface area contributed by atoms with Crippen LogP contribution in [0.2, 0.25) is 0 Å². The molecule has 0 amide bonds. The first-order chi connectivity index (χ1) is 12.8. The standard InChI is InChI=1S/C19H21N7/c1-14-4-2-6-17(24-14)25-18-11-21-16(10-22-18)15-5-3-9-26(12-15)19-7-8-20-13-23-19/h2,4,6-8,10-11,13,15H,3,5,9,12H2,1H3,(H,22,24,25). The Morgan fingerprint density at radius 2 is 2.04 bits per heavy atom. The monoisotopic (exact) mass is 347 g/mol. The second-order valence-electron chi connectivity index (χ2n) is 6.47. The van der Waals surface area contributed by atoms with Crippen LogP contribution in [0.25, 0.3) is 0 Å². The predicted octanol–water partition coefficient (Wildman–Crippen LogP) is 3.10. The highest BCUT2D eigenvalue weighted by Crippen LogP contribution is 2.28. The molecule has 1 unspecified atom stereocenters. The van der Waals surface area contributed by atoms with Crippen molar-refractivity contribution < 1.29 is 0 Å². The van der Waals surface area contributed by atoms with Crippen LogP contribution in [-0.2, 0) is 0 Å². The lowest BCUT2D eigenvalue weighted by atomic mass is 9.95. The molecule has 0 aromatic carbocycles. The maximum absolute atomic E-state index is 4.64. The van der Waals surface area contributed by atoms with Crippen molar-refractivity contribution >= 4 is 17.5 Å². The van der Waals surface area contributed by atoms with Crippen molar-refractivity contribution in [1.29, 1.82) is 0 Å². The molecule has 3 aromatic rings. The lowest BCUT2D eigenvalue weighted by Gasteiger charge is -2.33. The van der Waals surface area contributed by atoms with Gasteiger partial charge in [-0.05, 0) is 38.0 Å². The van der Waals surface area contributed by atoms with Crippen LogP contribution in [0.5, 0.6) is 0 Å². The maximum atomic E-state index is 4.64. The molecule has 7 heteroatoms. The van der Waals surface area contributed by atoms with E-state index in [1.807, 2.05) is 37.4 Å². The third kappa shape index (κ3) is 3.77. The van der Waals surface area contributed by atoms with Crippen molar-refractivity contribution in [1.82, 2.24) is 24.9 Å². The van der Waals surface area contributed by atoms with E-state index in [1.165, 1.54) is 0 Å². The minimum absolute atomic E-state index is 0.359. The SMILES string of the molecule is Cc1cccc(Nc2cnc(C3CCCN(c4ccncn4)C3)cn2)n1. The molecule has 1 saturated heterocycles. The Bertz CT molecular complexity index is 851. The molecule has 1 N–H and O–H groups in total. The second-order valence-corrected chi connectivity index (χ2v) is 6.47. The fourth-order valence-corrected chi connectivity index (χ4v) is 3.25. The first-order valence-electron chi connectivity index (χ1n) is 8.81. The molecule has 3 aromatic heterocycles. The lowest BCUT2D eigenvalue weighted by molar-refractivity contribution is 0.497. The third-order valence-corrected chi connectivity index (χ3v) is 4.55. The van der Waals surface area contributed by atoms with Gasteiger partial charge < -0.3 is 10.2 Å². The van der Waals surface area contributed by atoms with Crippen molar-refractivity contribution in [3.8, 4) is 0 Å².